The minimum absolute atomic E-state index is 0.234. The second-order valence-corrected chi connectivity index (χ2v) is 4.08. The first kappa shape index (κ1) is 11.5. The van der Waals surface area contributed by atoms with Gasteiger partial charge in [-0.25, -0.2) is 4.39 Å². The zero-order valence-electron chi connectivity index (χ0n) is 9.64. The van der Waals surface area contributed by atoms with Crippen molar-refractivity contribution in [3.05, 3.63) is 24.0 Å². The summed E-state index contributed by atoms with van der Waals surface area (Å²) in [6.07, 6.45) is 0. The summed E-state index contributed by atoms with van der Waals surface area (Å²) >= 11 is 0. The van der Waals surface area contributed by atoms with Crippen molar-refractivity contribution < 1.29 is 9.13 Å². The van der Waals surface area contributed by atoms with Gasteiger partial charge in [-0.15, -0.1) is 10.2 Å². The molecule has 0 aliphatic rings. The van der Waals surface area contributed by atoms with E-state index in [9.17, 15) is 4.39 Å². The predicted octanol–water partition coefficient (Wildman–Crippen LogP) is 2.04. The average Bonchev–Trinajstić information content (AvgIpc) is 2.79. The highest BCUT2D eigenvalue weighted by molar-refractivity contribution is 5.56. The van der Waals surface area contributed by atoms with Crippen LogP contribution in [0, 0.1) is 11.7 Å². The standard InChI is InChI=1S/C11H13FN4O/c1-7(2)6-17-8-3-4-9(10(12)5-8)11-13-15-16-14-11/h3-5,7H,6H2,1-2H3,(H,13,14,15,16). The molecule has 0 fully saturated rings. The molecule has 0 aliphatic carbocycles. The molecule has 0 unspecified atom stereocenters. The Morgan fingerprint density at radius 2 is 2.24 bits per heavy atom. The highest BCUT2D eigenvalue weighted by atomic mass is 19.1. The predicted molar refractivity (Wildman–Crippen MR) is 59.9 cm³/mol. The van der Waals surface area contributed by atoms with E-state index in [0.29, 0.717) is 23.8 Å². The number of hydrogen-bond donors (Lipinski definition) is 1. The lowest BCUT2D eigenvalue weighted by Crippen LogP contribution is -2.04. The number of ether oxygens (including phenoxy) is 1. The monoisotopic (exact) mass is 236 g/mol. The maximum atomic E-state index is 13.7. The van der Waals surface area contributed by atoms with Gasteiger partial charge in [-0.1, -0.05) is 13.8 Å². The molecule has 1 N–H and O–H groups in total. The molecule has 6 heteroatoms. The fourth-order valence-electron chi connectivity index (χ4n) is 1.31. The molecule has 0 bridgehead atoms. The number of aromatic amines is 1. The molecule has 2 rings (SSSR count). The molecule has 1 heterocycles. The van der Waals surface area contributed by atoms with Crippen molar-refractivity contribution in [2.24, 2.45) is 5.92 Å². The number of rotatable bonds is 4. The van der Waals surface area contributed by atoms with Gasteiger partial charge < -0.3 is 4.74 Å². The van der Waals surface area contributed by atoms with E-state index in [4.69, 9.17) is 4.74 Å². The van der Waals surface area contributed by atoms with E-state index in [-0.39, 0.29) is 5.82 Å². The number of aromatic nitrogens is 4. The summed E-state index contributed by atoms with van der Waals surface area (Å²) in [5.41, 5.74) is 0.302. The molecule has 0 saturated carbocycles. The molecule has 0 atom stereocenters. The zero-order chi connectivity index (χ0) is 12.3. The largest absolute Gasteiger partial charge is 0.493 e. The Morgan fingerprint density at radius 3 is 2.82 bits per heavy atom. The SMILES string of the molecule is CC(C)COc1ccc(-c2nn[nH]n2)c(F)c1. The van der Waals surface area contributed by atoms with Crippen molar-refractivity contribution >= 4 is 0 Å². The summed E-state index contributed by atoms with van der Waals surface area (Å²) in [5, 5.41) is 13.1. The van der Waals surface area contributed by atoms with Crippen LogP contribution in [0.4, 0.5) is 4.39 Å². The van der Waals surface area contributed by atoms with Crippen molar-refractivity contribution in [1.29, 1.82) is 0 Å². The smallest absolute Gasteiger partial charge is 0.207 e. The van der Waals surface area contributed by atoms with Crippen LogP contribution in [0.2, 0.25) is 0 Å². The molecule has 0 saturated heterocycles. The Bertz CT molecular complexity index is 484. The van der Waals surface area contributed by atoms with Crippen LogP contribution in [0.15, 0.2) is 18.2 Å². The van der Waals surface area contributed by atoms with Gasteiger partial charge >= 0.3 is 0 Å². The van der Waals surface area contributed by atoms with Gasteiger partial charge in [0.2, 0.25) is 5.82 Å². The van der Waals surface area contributed by atoms with Crippen LogP contribution >= 0.6 is 0 Å². The number of halogens is 1. The Labute approximate surface area is 98.0 Å². The van der Waals surface area contributed by atoms with Crippen LogP contribution in [0.5, 0.6) is 5.75 Å². The fraction of sp³-hybridized carbons (Fsp3) is 0.364. The van der Waals surface area contributed by atoms with Crippen molar-refractivity contribution in [1.82, 2.24) is 20.6 Å². The third kappa shape index (κ3) is 2.77. The van der Waals surface area contributed by atoms with Gasteiger partial charge in [0.25, 0.3) is 0 Å². The quantitative estimate of drug-likeness (QED) is 0.882. The Hall–Kier alpha value is -1.98. The van der Waals surface area contributed by atoms with E-state index in [1.807, 2.05) is 13.8 Å². The summed E-state index contributed by atoms with van der Waals surface area (Å²) < 4.78 is 19.2. The van der Waals surface area contributed by atoms with Crippen LogP contribution in [0.25, 0.3) is 11.4 Å². The maximum absolute atomic E-state index is 13.7. The lowest BCUT2D eigenvalue weighted by atomic mass is 10.2. The lowest BCUT2D eigenvalue weighted by molar-refractivity contribution is 0.270. The Kier molecular flexibility index (Phi) is 3.32. The topological polar surface area (TPSA) is 63.7 Å². The van der Waals surface area contributed by atoms with Gasteiger partial charge in [-0.05, 0) is 23.3 Å². The minimum atomic E-state index is -0.423. The second-order valence-electron chi connectivity index (χ2n) is 4.08. The number of nitrogens with zero attached hydrogens (tertiary/aromatic N) is 3. The first-order chi connectivity index (χ1) is 8.16. The first-order valence-corrected chi connectivity index (χ1v) is 5.33. The highest BCUT2D eigenvalue weighted by Crippen LogP contribution is 2.23. The van der Waals surface area contributed by atoms with Crippen LogP contribution in [-0.2, 0) is 0 Å². The molecule has 0 aliphatic heterocycles. The van der Waals surface area contributed by atoms with Crippen molar-refractivity contribution in [2.75, 3.05) is 6.61 Å². The molecule has 0 radical (unpaired) electrons. The summed E-state index contributed by atoms with van der Waals surface area (Å²) in [6, 6.07) is 4.60. The molecule has 1 aromatic carbocycles. The highest BCUT2D eigenvalue weighted by Gasteiger charge is 2.10. The number of nitrogens with one attached hydrogen (secondary N) is 1. The van der Waals surface area contributed by atoms with Gasteiger partial charge in [-0.3, -0.25) is 0 Å². The number of hydrogen-bond acceptors (Lipinski definition) is 4. The maximum Gasteiger partial charge on any atom is 0.207 e. The van der Waals surface area contributed by atoms with E-state index in [1.165, 1.54) is 6.07 Å². The summed E-state index contributed by atoms with van der Waals surface area (Å²) in [4.78, 5) is 0. The number of tetrazole rings is 1. The van der Waals surface area contributed by atoms with Crippen LogP contribution < -0.4 is 4.74 Å². The van der Waals surface area contributed by atoms with E-state index in [1.54, 1.807) is 12.1 Å². The molecule has 1 aromatic heterocycles. The van der Waals surface area contributed by atoms with Gasteiger partial charge in [0, 0.05) is 6.07 Å². The van der Waals surface area contributed by atoms with Gasteiger partial charge in [-0.2, -0.15) is 5.21 Å². The van der Waals surface area contributed by atoms with E-state index in [0.717, 1.165) is 0 Å². The van der Waals surface area contributed by atoms with E-state index in [2.05, 4.69) is 20.6 Å². The summed E-state index contributed by atoms with van der Waals surface area (Å²) in [6.45, 7) is 4.62. The van der Waals surface area contributed by atoms with Crippen LogP contribution in [-0.4, -0.2) is 27.2 Å². The normalized spacial score (nSPS) is 10.8. The second kappa shape index (κ2) is 4.90. The fourth-order valence-corrected chi connectivity index (χ4v) is 1.31. The van der Waals surface area contributed by atoms with Crippen LogP contribution in [0.3, 0.4) is 0 Å². The third-order valence-corrected chi connectivity index (χ3v) is 2.11. The Morgan fingerprint density at radius 1 is 1.41 bits per heavy atom. The molecule has 0 spiro atoms. The molecule has 0 amide bonds. The summed E-state index contributed by atoms with van der Waals surface area (Å²) in [7, 11) is 0. The zero-order valence-corrected chi connectivity index (χ0v) is 9.64. The molecule has 5 nitrogen and oxygen atoms in total. The van der Waals surface area contributed by atoms with Gasteiger partial charge in [0.15, 0.2) is 0 Å². The Balaban J connectivity index is 2.17. The van der Waals surface area contributed by atoms with E-state index < -0.39 is 5.82 Å². The van der Waals surface area contributed by atoms with Gasteiger partial charge in [0.05, 0.1) is 12.2 Å². The average molecular weight is 236 g/mol. The molecule has 90 valence electrons. The number of benzene rings is 1. The lowest BCUT2D eigenvalue weighted by Gasteiger charge is -2.09. The van der Waals surface area contributed by atoms with Crippen LogP contribution in [0.1, 0.15) is 13.8 Å². The molecule has 17 heavy (non-hydrogen) atoms. The molecule has 2 aromatic rings. The van der Waals surface area contributed by atoms with Crippen molar-refractivity contribution in [3.8, 4) is 17.1 Å². The first-order valence-electron chi connectivity index (χ1n) is 5.33. The van der Waals surface area contributed by atoms with E-state index >= 15 is 0 Å². The van der Waals surface area contributed by atoms with Gasteiger partial charge in [0.1, 0.15) is 11.6 Å². The molecular formula is C11H13FN4O. The minimum Gasteiger partial charge on any atom is -0.493 e. The van der Waals surface area contributed by atoms with Crippen molar-refractivity contribution in [3.63, 3.8) is 0 Å². The molecular weight excluding hydrogens is 223 g/mol. The van der Waals surface area contributed by atoms with Crippen molar-refractivity contribution in [2.45, 2.75) is 13.8 Å². The number of H-pyrrole nitrogens is 1. The summed E-state index contributed by atoms with van der Waals surface area (Å²) in [5.74, 6) is 0.712. The third-order valence-electron chi connectivity index (χ3n) is 2.11.